The predicted octanol–water partition coefficient (Wildman–Crippen LogP) is 3.07. The Morgan fingerprint density at radius 2 is 1.94 bits per heavy atom. The van der Waals surface area contributed by atoms with E-state index < -0.39 is 0 Å². The molecule has 0 aliphatic rings. The average molecular weight is 450 g/mol. The summed E-state index contributed by atoms with van der Waals surface area (Å²) in [4.78, 5) is 20.5. The molecule has 1 amide bonds. The summed E-state index contributed by atoms with van der Waals surface area (Å²) in [6, 6.07) is 18.0. The molecular weight excluding hydrogens is 423 g/mol. The van der Waals surface area contributed by atoms with Crippen molar-refractivity contribution in [3.05, 3.63) is 78.1 Å². The molecule has 7 nitrogen and oxygen atoms in total. The first-order chi connectivity index (χ1) is 16.6. The highest BCUT2D eigenvalue weighted by Gasteiger charge is 2.12. The Bertz CT molecular complexity index is 1470. The van der Waals surface area contributed by atoms with Crippen LogP contribution < -0.4 is 16.1 Å². The summed E-state index contributed by atoms with van der Waals surface area (Å²) in [5.74, 6) is 0.877. The Hall–Kier alpha value is -4.07. The molecule has 0 atom stereocenters. The van der Waals surface area contributed by atoms with Crippen molar-refractivity contribution in [1.82, 2.24) is 24.9 Å². The number of hydrogen-bond acceptors (Lipinski definition) is 4. The number of aromatic amines is 1. The summed E-state index contributed by atoms with van der Waals surface area (Å²) in [5.41, 5.74) is 6.85. The van der Waals surface area contributed by atoms with E-state index in [1.807, 2.05) is 61.2 Å². The van der Waals surface area contributed by atoms with E-state index in [4.69, 9.17) is 4.98 Å². The number of aryl methyl sites for hydroxylation is 1. The van der Waals surface area contributed by atoms with Crippen LogP contribution >= 0.6 is 0 Å². The SMILES string of the molecule is Bc1cnn2c(NCCCCNC(=O)c3ccc4[nH]ccc4c3)cc(-c3ccccc3C)nc12. The molecule has 5 rings (SSSR count). The number of hydrogen-bond donors (Lipinski definition) is 3. The molecule has 0 saturated carbocycles. The van der Waals surface area contributed by atoms with Crippen molar-refractivity contribution in [2.45, 2.75) is 19.8 Å². The van der Waals surface area contributed by atoms with Crippen molar-refractivity contribution < 1.29 is 4.79 Å². The lowest BCUT2D eigenvalue weighted by Crippen LogP contribution is -2.24. The largest absolute Gasteiger partial charge is 0.370 e. The molecule has 0 aliphatic heterocycles. The van der Waals surface area contributed by atoms with Gasteiger partial charge in [-0.25, -0.2) is 4.98 Å². The number of amides is 1. The maximum absolute atomic E-state index is 12.5. The fourth-order valence-electron chi connectivity index (χ4n) is 4.16. The lowest BCUT2D eigenvalue weighted by atomic mass is 10.00. The fraction of sp³-hybridized carbons (Fsp3) is 0.192. The van der Waals surface area contributed by atoms with Gasteiger partial charge in [-0.1, -0.05) is 24.3 Å². The molecule has 34 heavy (non-hydrogen) atoms. The third-order valence-corrected chi connectivity index (χ3v) is 6.08. The Morgan fingerprint density at radius 3 is 2.82 bits per heavy atom. The van der Waals surface area contributed by atoms with E-state index in [0.717, 1.165) is 58.5 Å². The second kappa shape index (κ2) is 9.43. The summed E-state index contributed by atoms with van der Waals surface area (Å²) < 4.78 is 1.86. The number of fused-ring (bicyclic) bond motifs is 2. The second-order valence-electron chi connectivity index (χ2n) is 8.57. The minimum Gasteiger partial charge on any atom is -0.370 e. The Kier molecular flexibility index (Phi) is 6.04. The van der Waals surface area contributed by atoms with Crippen LogP contribution in [0.15, 0.2) is 67.0 Å². The van der Waals surface area contributed by atoms with Gasteiger partial charge in [-0.05, 0) is 55.1 Å². The van der Waals surface area contributed by atoms with Crippen LogP contribution in [0.25, 0.3) is 27.8 Å². The number of carbonyl (C=O) groups is 1. The van der Waals surface area contributed by atoms with Crippen LogP contribution in [-0.4, -0.2) is 46.4 Å². The first kappa shape index (κ1) is 21.8. The number of benzene rings is 2. The number of rotatable bonds is 8. The van der Waals surface area contributed by atoms with E-state index >= 15 is 0 Å². The van der Waals surface area contributed by atoms with E-state index in [-0.39, 0.29) is 5.91 Å². The Labute approximate surface area is 199 Å². The quantitative estimate of drug-likeness (QED) is 0.251. The average Bonchev–Trinajstić information content (AvgIpc) is 3.47. The van der Waals surface area contributed by atoms with Crippen LogP contribution in [0.4, 0.5) is 5.82 Å². The minimum absolute atomic E-state index is 0.0400. The molecule has 0 unspecified atom stereocenters. The molecule has 3 heterocycles. The van der Waals surface area contributed by atoms with Crippen LogP contribution in [0.5, 0.6) is 0 Å². The van der Waals surface area contributed by atoms with Gasteiger partial charge in [0.25, 0.3) is 5.91 Å². The maximum atomic E-state index is 12.5. The van der Waals surface area contributed by atoms with Crippen molar-refractivity contribution in [2.24, 2.45) is 0 Å². The van der Waals surface area contributed by atoms with Gasteiger partial charge in [-0.2, -0.15) is 9.61 Å². The highest BCUT2D eigenvalue weighted by Crippen LogP contribution is 2.24. The number of anilines is 1. The second-order valence-corrected chi connectivity index (χ2v) is 8.57. The van der Waals surface area contributed by atoms with E-state index in [1.165, 1.54) is 5.56 Å². The summed E-state index contributed by atoms with van der Waals surface area (Å²) in [7, 11) is 2.03. The van der Waals surface area contributed by atoms with Gasteiger partial charge in [0, 0.05) is 53.6 Å². The third kappa shape index (κ3) is 4.39. The van der Waals surface area contributed by atoms with Crippen LogP contribution in [0.1, 0.15) is 28.8 Å². The highest BCUT2D eigenvalue weighted by molar-refractivity contribution is 6.36. The minimum atomic E-state index is -0.0400. The van der Waals surface area contributed by atoms with Crippen molar-refractivity contribution in [3.63, 3.8) is 0 Å². The smallest absolute Gasteiger partial charge is 0.251 e. The van der Waals surface area contributed by atoms with Crippen LogP contribution in [0.3, 0.4) is 0 Å². The fourth-order valence-corrected chi connectivity index (χ4v) is 4.16. The molecule has 8 heteroatoms. The Morgan fingerprint density at radius 1 is 1.09 bits per heavy atom. The van der Waals surface area contributed by atoms with Gasteiger partial charge in [0.1, 0.15) is 13.7 Å². The topological polar surface area (TPSA) is 87.1 Å². The predicted molar refractivity (Wildman–Crippen MR) is 140 cm³/mol. The van der Waals surface area contributed by atoms with E-state index in [0.29, 0.717) is 12.1 Å². The number of nitrogens with zero attached hydrogens (tertiary/aromatic N) is 3. The van der Waals surface area contributed by atoms with Crippen molar-refractivity contribution in [3.8, 4) is 11.3 Å². The molecule has 0 spiro atoms. The van der Waals surface area contributed by atoms with E-state index in [2.05, 4.69) is 45.8 Å². The monoisotopic (exact) mass is 450 g/mol. The van der Waals surface area contributed by atoms with Gasteiger partial charge < -0.3 is 15.6 Å². The summed E-state index contributed by atoms with van der Waals surface area (Å²) in [6.07, 6.45) is 5.52. The lowest BCUT2D eigenvalue weighted by molar-refractivity contribution is 0.0953. The van der Waals surface area contributed by atoms with Crippen LogP contribution in [0, 0.1) is 6.92 Å². The van der Waals surface area contributed by atoms with Gasteiger partial charge in [0.2, 0.25) is 0 Å². The standard InChI is InChI=1S/C26H27BN6O/c1-17-6-2-3-7-20(17)23-15-24(33-25(32-23)21(27)16-31-33)29-11-4-5-12-30-26(34)19-8-9-22-18(14-19)10-13-28-22/h2-3,6-10,13-16,28-29H,4-5,11-12,27H2,1H3,(H,30,34). The van der Waals surface area contributed by atoms with Crippen molar-refractivity contribution in [1.29, 1.82) is 0 Å². The number of unbranched alkanes of at least 4 members (excludes halogenated alkanes) is 1. The number of nitrogens with one attached hydrogen (secondary N) is 3. The zero-order valence-corrected chi connectivity index (χ0v) is 19.4. The number of carbonyl (C=O) groups excluding carboxylic acids is 1. The van der Waals surface area contributed by atoms with E-state index in [9.17, 15) is 4.79 Å². The molecule has 3 aromatic heterocycles. The summed E-state index contributed by atoms with van der Waals surface area (Å²) in [5, 5.41) is 12.1. The zero-order valence-electron chi connectivity index (χ0n) is 19.4. The van der Waals surface area contributed by atoms with Gasteiger partial charge in [-0.3, -0.25) is 4.79 Å². The number of H-pyrrole nitrogens is 1. The molecule has 0 bridgehead atoms. The van der Waals surface area contributed by atoms with Crippen molar-refractivity contribution in [2.75, 3.05) is 18.4 Å². The normalized spacial score (nSPS) is 11.2. The van der Waals surface area contributed by atoms with Gasteiger partial charge in [-0.15, -0.1) is 0 Å². The summed E-state index contributed by atoms with van der Waals surface area (Å²) >= 11 is 0. The molecule has 0 aliphatic carbocycles. The van der Waals surface area contributed by atoms with Gasteiger partial charge >= 0.3 is 0 Å². The molecule has 0 saturated heterocycles. The molecule has 5 aromatic rings. The molecule has 3 N–H and O–H groups in total. The lowest BCUT2D eigenvalue weighted by Gasteiger charge is -2.12. The maximum Gasteiger partial charge on any atom is 0.251 e. The summed E-state index contributed by atoms with van der Waals surface area (Å²) in [6.45, 7) is 3.51. The third-order valence-electron chi connectivity index (χ3n) is 6.08. The zero-order chi connectivity index (χ0) is 23.5. The Balaban J connectivity index is 1.19. The molecule has 170 valence electrons. The molecular formula is C26H27BN6O. The first-order valence-corrected chi connectivity index (χ1v) is 11.6. The van der Waals surface area contributed by atoms with E-state index in [1.54, 1.807) is 0 Å². The van der Waals surface area contributed by atoms with Gasteiger partial charge in [0.15, 0.2) is 5.65 Å². The van der Waals surface area contributed by atoms with Crippen LogP contribution in [-0.2, 0) is 0 Å². The van der Waals surface area contributed by atoms with Gasteiger partial charge in [0.05, 0.1) is 5.69 Å². The molecule has 0 radical (unpaired) electrons. The first-order valence-electron chi connectivity index (χ1n) is 11.6. The highest BCUT2D eigenvalue weighted by atomic mass is 16.1. The molecule has 2 aromatic carbocycles. The van der Waals surface area contributed by atoms with Crippen LogP contribution in [0.2, 0.25) is 0 Å². The molecule has 0 fully saturated rings. The van der Waals surface area contributed by atoms with Crippen molar-refractivity contribution >= 4 is 41.6 Å². The number of aromatic nitrogens is 4.